The van der Waals surface area contributed by atoms with E-state index in [-0.39, 0.29) is 25.5 Å². The van der Waals surface area contributed by atoms with Crippen LogP contribution in [-0.4, -0.2) is 29.0 Å². The van der Waals surface area contributed by atoms with Crippen LogP contribution in [0.5, 0.6) is 0 Å². The molecule has 0 spiro atoms. The normalized spacial score (nSPS) is 15.6. The van der Waals surface area contributed by atoms with Crippen molar-refractivity contribution in [3.63, 3.8) is 0 Å². The lowest BCUT2D eigenvalue weighted by molar-refractivity contribution is -0.138. The van der Waals surface area contributed by atoms with E-state index < -0.39 is 29.5 Å². The number of hydrogen-bond donors (Lipinski definition) is 0. The van der Waals surface area contributed by atoms with E-state index in [1.165, 1.54) is 21.9 Å². The van der Waals surface area contributed by atoms with Crippen molar-refractivity contribution in [3.8, 4) is 0 Å². The summed E-state index contributed by atoms with van der Waals surface area (Å²) in [5, 5.41) is 0. The average Bonchev–Trinajstić information content (AvgIpc) is 2.94. The van der Waals surface area contributed by atoms with E-state index in [9.17, 15) is 31.1 Å². The Bertz CT molecular complexity index is 832. The van der Waals surface area contributed by atoms with Gasteiger partial charge in [-0.25, -0.2) is 9.78 Å². The van der Waals surface area contributed by atoms with Gasteiger partial charge < -0.3 is 4.90 Å². The maximum absolute atomic E-state index is 12.8. The van der Waals surface area contributed by atoms with Gasteiger partial charge in [-0.05, 0) is 29.8 Å². The average molecular weight is 389 g/mol. The maximum atomic E-state index is 12.8. The summed E-state index contributed by atoms with van der Waals surface area (Å²) in [5.41, 5.74) is -1.44. The molecule has 0 atom stereocenters. The first-order chi connectivity index (χ1) is 12.6. The molecule has 1 fully saturated rings. The second-order valence-corrected chi connectivity index (χ2v) is 5.96. The number of rotatable bonds is 3. The maximum Gasteiger partial charge on any atom is 0.417 e. The van der Waals surface area contributed by atoms with Crippen LogP contribution < -0.4 is 4.90 Å². The first kappa shape index (κ1) is 19.0. The minimum atomic E-state index is -4.53. The van der Waals surface area contributed by atoms with Crippen LogP contribution in [0.15, 0.2) is 42.6 Å². The lowest BCUT2D eigenvalue weighted by atomic mass is 10.1. The third kappa shape index (κ3) is 4.15. The molecule has 10 heteroatoms. The van der Waals surface area contributed by atoms with Crippen LogP contribution in [0, 0.1) is 0 Å². The summed E-state index contributed by atoms with van der Waals surface area (Å²) in [6.45, 7) is 0.355. The highest BCUT2D eigenvalue weighted by Gasteiger charge is 2.34. The minimum absolute atomic E-state index is 0.0418. The van der Waals surface area contributed by atoms with Crippen LogP contribution >= 0.6 is 0 Å². The summed E-state index contributed by atoms with van der Waals surface area (Å²) in [4.78, 5) is 18.6. The van der Waals surface area contributed by atoms with Crippen LogP contribution in [0.25, 0.3) is 0 Å². The smallest absolute Gasteiger partial charge is 0.318 e. The number of carbonyl (C=O) groups excluding carboxylic acids is 1. The quantitative estimate of drug-likeness (QED) is 0.722. The number of nitrogens with zero attached hydrogens (tertiary/aromatic N) is 3. The molecule has 1 aromatic carbocycles. The topological polar surface area (TPSA) is 36.4 Å². The monoisotopic (exact) mass is 389 g/mol. The van der Waals surface area contributed by atoms with Gasteiger partial charge in [-0.2, -0.15) is 26.3 Å². The Hall–Kier alpha value is -2.78. The van der Waals surface area contributed by atoms with E-state index in [0.717, 1.165) is 24.3 Å². The third-order valence-electron chi connectivity index (χ3n) is 4.07. The molecule has 1 saturated heterocycles. The number of aromatic nitrogens is 1. The SMILES string of the molecule is O=C1N(Cc2cccc(C(F)(F)F)c2)CCN1c1ccc(C(F)(F)F)cn1. The molecule has 1 aromatic heterocycles. The summed E-state index contributed by atoms with van der Waals surface area (Å²) in [6, 6.07) is 6.02. The van der Waals surface area contributed by atoms with Crippen molar-refractivity contribution in [2.45, 2.75) is 18.9 Å². The van der Waals surface area contributed by atoms with Crippen LogP contribution in [0.4, 0.5) is 37.0 Å². The number of carbonyl (C=O) groups is 1. The van der Waals surface area contributed by atoms with E-state index >= 15 is 0 Å². The lowest BCUT2D eigenvalue weighted by Crippen LogP contribution is -2.32. The van der Waals surface area contributed by atoms with Gasteiger partial charge in [-0.1, -0.05) is 12.1 Å². The van der Waals surface area contributed by atoms with Crippen LogP contribution in [0.3, 0.4) is 0 Å². The Kier molecular flexibility index (Phi) is 4.75. The molecule has 0 unspecified atom stereocenters. The zero-order valence-electron chi connectivity index (χ0n) is 13.7. The minimum Gasteiger partial charge on any atom is -0.318 e. The van der Waals surface area contributed by atoms with Crippen molar-refractivity contribution < 1.29 is 31.1 Å². The molecule has 0 saturated carbocycles. The van der Waals surface area contributed by atoms with E-state index in [4.69, 9.17) is 0 Å². The summed E-state index contributed by atoms with van der Waals surface area (Å²) in [7, 11) is 0. The predicted molar refractivity (Wildman–Crippen MR) is 83.8 cm³/mol. The van der Waals surface area contributed by atoms with Gasteiger partial charge in [0.15, 0.2) is 0 Å². The summed E-state index contributed by atoms with van der Waals surface area (Å²) >= 11 is 0. The fraction of sp³-hybridized carbons (Fsp3) is 0.294. The first-order valence-corrected chi connectivity index (χ1v) is 7.81. The standard InChI is InChI=1S/C17H13F6N3O/c18-16(19,20)12-3-1-2-11(8-12)10-25-6-7-26(15(25)27)14-5-4-13(9-24-14)17(21,22)23/h1-5,8-9H,6-7,10H2. The molecule has 0 aliphatic carbocycles. The zero-order chi connectivity index (χ0) is 19.8. The molecule has 3 rings (SSSR count). The molecule has 27 heavy (non-hydrogen) atoms. The van der Waals surface area contributed by atoms with Gasteiger partial charge in [0.25, 0.3) is 0 Å². The van der Waals surface area contributed by atoms with Crippen LogP contribution in [0.2, 0.25) is 0 Å². The molecular formula is C17H13F6N3O. The summed E-state index contributed by atoms with van der Waals surface area (Å²) < 4.78 is 76.1. The number of halogens is 6. The predicted octanol–water partition coefficient (Wildman–Crippen LogP) is 4.56. The Morgan fingerprint density at radius 3 is 2.22 bits per heavy atom. The van der Waals surface area contributed by atoms with Crippen molar-refractivity contribution in [1.29, 1.82) is 0 Å². The number of alkyl halides is 6. The van der Waals surface area contributed by atoms with Crippen molar-refractivity contribution in [3.05, 3.63) is 59.3 Å². The second-order valence-electron chi connectivity index (χ2n) is 5.96. The van der Waals surface area contributed by atoms with Gasteiger partial charge in [0.1, 0.15) is 5.82 Å². The molecule has 2 aromatic rings. The molecule has 0 bridgehead atoms. The molecule has 2 heterocycles. The van der Waals surface area contributed by atoms with E-state index in [1.807, 2.05) is 0 Å². The zero-order valence-corrected chi connectivity index (χ0v) is 13.7. The molecular weight excluding hydrogens is 376 g/mol. The van der Waals surface area contributed by atoms with Gasteiger partial charge in [0.05, 0.1) is 11.1 Å². The first-order valence-electron chi connectivity index (χ1n) is 7.81. The second kappa shape index (κ2) is 6.75. The fourth-order valence-corrected chi connectivity index (χ4v) is 2.72. The van der Waals surface area contributed by atoms with Crippen LogP contribution in [-0.2, 0) is 18.9 Å². The largest absolute Gasteiger partial charge is 0.417 e. The molecule has 0 radical (unpaired) electrons. The Balaban J connectivity index is 1.72. The fourth-order valence-electron chi connectivity index (χ4n) is 2.72. The lowest BCUT2D eigenvalue weighted by Gasteiger charge is -2.19. The molecule has 1 aliphatic heterocycles. The number of pyridine rings is 1. The Morgan fingerprint density at radius 2 is 1.63 bits per heavy atom. The number of benzene rings is 1. The van der Waals surface area contributed by atoms with Crippen molar-refractivity contribution in [2.75, 3.05) is 18.0 Å². The van der Waals surface area contributed by atoms with Crippen molar-refractivity contribution in [1.82, 2.24) is 9.88 Å². The van der Waals surface area contributed by atoms with E-state index in [1.54, 1.807) is 0 Å². The number of hydrogen-bond acceptors (Lipinski definition) is 2. The highest BCUT2D eigenvalue weighted by molar-refractivity contribution is 5.93. The highest BCUT2D eigenvalue weighted by Crippen LogP contribution is 2.31. The molecule has 144 valence electrons. The van der Waals surface area contributed by atoms with Gasteiger partial charge in [0, 0.05) is 25.8 Å². The van der Waals surface area contributed by atoms with Gasteiger partial charge in [0.2, 0.25) is 0 Å². The molecule has 2 amide bonds. The van der Waals surface area contributed by atoms with E-state index in [0.29, 0.717) is 11.8 Å². The van der Waals surface area contributed by atoms with Crippen molar-refractivity contribution >= 4 is 11.8 Å². The summed E-state index contributed by atoms with van der Waals surface area (Å²) in [5.74, 6) is 0.0551. The third-order valence-corrected chi connectivity index (χ3v) is 4.07. The summed E-state index contributed by atoms with van der Waals surface area (Å²) in [6.07, 6.45) is -8.38. The Morgan fingerprint density at radius 1 is 0.926 bits per heavy atom. The number of amides is 2. The van der Waals surface area contributed by atoms with Crippen LogP contribution in [0.1, 0.15) is 16.7 Å². The molecule has 1 aliphatic rings. The molecule has 4 nitrogen and oxygen atoms in total. The van der Waals surface area contributed by atoms with Gasteiger partial charge in [-0.3, -0.25) is 4.90 Å². The van der Waals surface area contributed by atoms with Gasteiger partial charge in [-0.15, -0.1) is 0 Å². The number of anilines is 1. The van der Waals surface area contributed by atoms with E-state index in [2.05, 4.69) is 4.98 Å². The Labute approximate surface area is 150 Å². The van der Waals surface area contributed by atoms with Gasteiger partial charge >= 0.3 is 18.4 Å². The highest BCUT2D eigenvalue weighted by atomic mass is 19.4. The van der Waals surface area contributed by atoms with Crippen molar-refractivity contribution in [2.24, 2.45) is 0 Å². The molecule has 0 N–H and O–H groups in total. The number of urea groups is 1.